The van der Waals surface area contributed by atoms with Crippen LogP contribution >= 0.6 is 0 Å². The lowest BCUT2D eigenvalue weighted by molar-refractivity contribution is 0.0745. The summed E-state index contributed by atoms with van der Waals surface area (Å²) in [5.74, 6) is 0.345. The van der Waals surface area contributed by atoms with Crippen LogP contribution in [-0.4, -0.2) is 64.0 Å². The van der Waals surface area contributed by atoms with Crippen molar-refractivity contribution in [3.05, 3.63) is 60.4 Å². The third-order valence-electron chi connectivity index (χ3n) is 4.68. The van der Waals surface area contributed by atoms with Crippen LogP contribution in [0.1, 0.15) is 10.4 Å². The van der Waals surface area contributed by atoms with E-state index in [0.717, 1.165) is 0 Å². The second-order valence-electron chi connectivity index (χ2n) is 6.50. The first-order valence-electron chi connectivity index (χ1n) is 9.12. The Labute approximate surface area is 167 Å². The maximum Gasteiger partial charge on any atom is 0.254 e. The number of amides is 1. The third kappa shape index (κ3) is 4.13. The Bertz CT molecular complexity index is 1010. The number of hydrogen-bond acceptors (Lipinski definition) is 7. The van der Waals surface area contributed by atoms with Gasteiger partial charge in [0.05, 0.1) is 19.0 Å². The first-order chi connectivity index (χ1) is 14.1. The smallest absolute Gasteiger partial charge is 0.254 e. The zero-order chi connectivity index (χ0) is 20.2. The molecule has 2 aromatic heterocycles. The van der Waals surface area contributed by atoms with Crippen LogP contribution in [-0.2, 0) is 0 Å². The van der Waals surface area contributed by atoms with Gasteiger partial charge in [0.2, 0.25) is 11.8 Å². The number of rotatable bonds is 4. The van der Waals surface area contributed by atoms with Gasteiger partial charge in [0, 0.05) is 62.0 Å². The van der Waals surface area contributed by atoms with Crippen molar-refractivity contribution in [3.8, 4) is 17.1 Å². The molecule has 0 aliphatic carbocycles. The molecule has 3 aromatic rings. The average molecular weight is 394 g/mol. The lowest BCUT2D eigenvalue weighted by Crippen LogP contribution is -2.49. The highest BCUT2D eigenvalue weighted by molar-refractivity contribution is 5.95. The predicted octanol–water partition coefficient (Wildman–Crippen LogP) is 2.04. The summed E-state index contributed by atoms with van der Waals surface area (Å²) in [7, 11) is 1.55. The van der Waals surface area contributed by atoms with Crippen LogP contribution in [0.2, 0.25) is 0 Å². The van der Waals surface area contributed by atoms with Gasteiger partial charge in [-0.05, 0) is 18.2 Å². The second-order valence-corrected chi connectivity index (χ2v) is 6.50. The molecule has 0 saturated carbocycles. The first-order valence-corrected chi connectivity index (χ1v) is 9.12. The number of carbonyl (C=O) groups is 1. The van der Waals surface area contributed by atoms with Crippen molar-refractivity contribution < 1.29 is 13.9 Å². The number of nitrogens with zero attached hydrogens (tertiary/aromatic N) is 6. The standard InChI is InChI=1S/C20H19FN6O2/c1-29-18-2-3-24-20(25-18)27-8-6-26(7-9-27)19(28)15-10-14(11-16(21)12-15)17-13-22-4-5-23-17/h2-5,10-13H,6-9H2,1H3. The molecule has 9 heteroatoms. The summed E-state index contributed by atoms with van der Waals surface area (Å²) in [6.07, 6.45) is 6.25. The van der Waals surface area contributed by atoms with Gasteiger partial charge >= 0.3 is 0 Å². The van der Waals surface area contributed by atoms with Gasteiger partial charge in [0.1, 0.15) is 5.82 Å². The summed E-state index contributed by atoms with van der Waals surface area (Å²) in [4.78, 5) is 33.4. The van der Waals surface area contributed by atoms with Gasteiger partial charge in [-0.25, -0.2) is 9.37 Å². The molecule has 0 unspecified atom stereocenters. The quantitative estimate of drug-likeness (QED) is 0.670. The van der Waals surface area contributed by atoms with Gasteiger partial charge in [0.25, 0.3) is 5.91 Å². The molecule has 0 spiro atoms. The summed E-state index contributed by atoms with van der Waals surface area (Å²) in [6.45, 7) is 2.11. The van der Waals surface area contributed by atoms with Crippen molar-refractivity contribution in [3.63, 3.8) is 0 Å². The molecule has 1 aliphatic heterocycles. The minimum atomic E-state index is -0.486. The summed E-state index contributed by atoms with van der Waals surface area (Å²) in [5.41, 5.74) is 1.32. The van der Waals surface area contributed by atoms with Gasteiger partial charge in [-0.3, -0.25) is 14.8 Å². The van der Waals surface area contributed by atoms with E-state index >= 15 is 0 Å². The number of carbonyl (C=O) groups excluding carboxylic acids is 1. The third-order valence-corrected chi connectivity index (χ3v) is 4.68. The molecule has 1 aromatic carbocycles. The summed E-state index contributed by atoms with van der Waals surface area (Å²) in [6, 6.07) is 5.92. The zero-order valence-electron chi connectivity index (χ0n) is 15.8. The van der Waals surface area contributed by atoms with Crippen molar-refractivity contribution in [2.75, 3.05) is 38.2 Å². The number of methoxy groups -OCH3 is 1. The molecule has 1 saturated heterocycles. The molecule has 1 aliphatic rings. The Kier molecular flexibility index (Phi) is 5.28. The topological polar surface area (TPSA) is 84.3 Å². The fourth-order valence-electron chi connectivity index (χ4n) is 3.20. The number of halogens is 1. The monoisotopic (exact) mass is 394 g/mol. The van der Waals surface area contributed by atoms with E-state index in [1.165, 1.54) is 24.5 Å². The Morgan fingerprint density at radius 3 is 2.62 bits per heavy atom. The Hall–Kier alpha value is -3.62. The van der Waals surface area contributed by atoms with Gasteiger partial charge in [-0.2, -0.15) is 4.98 Å². The van der Waals surface area contributed by atoms with E-state index in [9.17, 15) is 9.18 Å². The van der Waals surface area contributed by atoms with Crippen LogP contribution in [0.15, 0.2) is 49.1 Å². The molecule has 0 N–H and O–H groups in total. The normalized spacial score (nSPS) is 14.0. The molecule has 29 heavy (non-hydrogen) atoms. The minimum absolute atomic E-state index is 0.221. The van der Waals surface area contributed by atoms with Crippen molar-refractivity contribution in [2.45, 2.75) is 0 Å². The van der Waals surface area contributed by atoms with Crippen LogP contribution in [0, 0.1) is 5.82 Å². The van der Waals surface area contributed by atoms with Crippen molar-refractivity contribution in [1.29, 1.82) is 0 Å². The number of ether oxygens (including phenoxy) is 1. The van der Waals surface area contributed by atoms with E-state index in [1.807, 2.05) is 4.90 Å². The summed E-state index contributed by atoms with van der Waals surface area (Å²) in [5, 5.41) is 0. The van der Waals surface area contributed by atoms with Gasteiger partial charge in [-0.1, -0.05) is 0 Å². The lowest BCUT2D eigenvalue weighted by atomic mass is 10.1. The SMILES string of the molecule is COc1ccnc(N2CCN(C(=O)c3cc(F)cc(-c4cnccn4)c3)CC2)n1. The number of piperazine rings is 1. The number of hydrogen-bond donors (Lipinski definition) is 0. The number of anilines is 1. The van der Waals surface area contributed by atoms with E-state index in [4.69, 9.17) is 4.74 Å². The van der Waals surface area contributed by atoms with E-state index in [1.54, 1.807) is 36.5 Å². The molecule has 4 rings (SSSR count). The molecule has 148 valence electrons. The first kappa shape index (κ1) is 18.7. The largest absolute Gasteiger partial charge is 0.481 e. The molecule has 3 heterocycles. The lowest BCUT2D eigenvalue weighted by Gasteiger charge is -2.34. The highest BCUT2D eigenvalue weighted by Gasteiger charge is 2.24. The number of benzene rings is 1. The number of aromatic nitrogens is 4. The molecule has 0 radical (unpaired) electrons. The molecule has 1 amide bonds. The van der Waals surface area contributed by atoms with E-state index in [2.05, 4.69) is 19.9 Å². The second kappa shape index (κ2) is 8.17. The van der Waals surface area contributed by atoms with Gasteiger partial charge in [0.15, 0.2) is 0 Å². The van der Waals surface area contributed by atoms with Crippen molar-refractivity contribution >= 4 is 11.9 Å². The Morgan fingerprint density at radius 1 is 1.07 bits per heavy atom. The molecular weight excluding hydrogens is 375 g/mol. The van der Waals surface area contributed by atoms with Gasteiger partial charge in [-0.15, -0.1) is 0 Å². The van der Waals surface area contributed by atoms with Crippen molar-refractivity contribution in [2.24, 2.45) is 0 Å². The zero-order valence-corrected chi connectivity index (χ0v) is 15.8. The summed E-state index contributed by atoms with van der Waals surface area (Å²) < 4.78 is 19.3. The molecule has 8 nitrogen and oxygen atoms in total. The van der Waals surface area contributed by atoms with Crippen LogP contribution in [0.4, 0.5) is 10.3 Å². The van der Waals surface area contributed by atoms with Gasteiger partial charge < -0.3 is 14.5 Å². The average Bonchev–Trinajstić information content (AvgIpc) is 2.79. The maximum absolute atomic E-state index is 14.1. The van der Waals surface area contributed by atoms with Crippen LogP contribution in [0.25, 0.3) is 11.3 Å². The predicted molar refractivity (Wildman–Crippen MR) is 104 cm³/mol. The highest BCUT2D eigenvalue weighted by atomic mass is 19.1. The minimum Gasteiger partial charge on any atom is -0.481 e. The van der Waals surface area contributed by atoms with E-state index in [-0.39, 0.29) is 11.5 Å². The molecule has 0 bridgehead atoms. The van der Waals surface area contributed by atoms with Crippen molar-refractivity contribution in [1.82, 2.24) is 24.8 Å². The maximum atomic E-state index is 14.1. The molecule has 1 fully saturated rings. The van der Waals surface area contributed by atoms with E-state index in [0.29, 0.717) is 49.3 Å². The fraction of sp³-hybridized carbons (Fsp3) is 0.250. The van der Waals surface area contributed by atoms with Crippen LogP contribution in [0.3, 0.4) is 0 Å². The fourth-order valence-corrected chi connectivity index (χ4v) is 3.20. The molecule has 0 atom stereocenters. The van der Waals surface area contributed by atoms with E-state index < -0.39 is 5.82 Å². The highest BCUT2D eigenvalue weighted by Crippen LogP contribution is 2.21. The Balaban J connectivity index is 1.48. The Morgan fingerprint density at radius 2 is 1.90 bits per heavy atom. The summed E-state index contributed by atoms with van der Waals surface area (Å²) >= 11 is 0. The van der Waals surface area contributed by atoms with Crippen LogP contribution < -0.4 is 9.64 Å². The molecular formula is C20H19FN6O2. The van der Waals surface area contributed by atoms with Crippen LogP contribution in [0.5, 0.6) is 5.88 Å².